The number of thiophene rings is 1. The lowest BCUT2D eigenvalue weighted by Crippen LogP contribution is -2.38. The second-order valence-corrected chi connectivity index (χ2v) is 8.81. The minimum Gasteiger partial charge on any atom is -0.303 e. The van der Waals surface area contributed by atoms with Gasteiger partial charge >= 0.3 is 0 Å². The molecular formula is C17H23ClN2O2S2. The van der Waals surface area contributed by atoms with Gasteiger partial charge in [-0.3, -0.25) is 0 Å². The van der Waals surface area contributed by atoms with Crippen molar-refractivity contribution in [2.45, 2.75) is 25.3 Å². The van der Waals surface area contributed by atoms with E-state index >= 15 is 0 Å². The first-order valence-electron chi connectivity index (χ1n) is 7.97. The molecule has 1 aromatic carbocycles. The number of rotatable bonds is 9. The summed E-state index contributed by atoms with van der Waals surface area (Å²) in [6, 6.07) is 10.4. The van der Waals surface area contributed by atoms with Crippen molar-refractivity contribution < 1.29 is 8.42 Å². The van der Waals surface area contributed by atoms with E-state index in [1.54, 1.807) is 33.8 Å². The molecule has 0 atom stereocenters. The fourth-order valence-corrected chi connectivity index (χ4v) is 4.94. The lowest BCUT2D eigenvalue weighted by atomic mass is 10.4. The zero-order valence-electron chi connectivity index (χ0n) is 14.0. The van der Waals surface area contributed by atoms with Crippen LogP contribution in [0, 0.1) is 0 Å². The van der Waals surface area contributed by atoms with Crippen LogP contribution in [0.25, 0.3) is 0 Å². The highest BCUT2D eigenvalue weighted by Gasteiger charge is 2.25. The molecule has 0 aliphatic rings. The van der Waals surface area contributed by atoms with Crippen molar-refractivity contribution in [3.05, 3.63) is 51.7 Å². The van der Waals surface area contributed by atoms with Gasteiger partial charge in [0.05, 0.1) is 4.90 Å². The van der Waals surface area contributed by atoms with E-state index in [2.05, 4.69) is 18.7 Å². The normalized spacial score (nSPS) is 12.2. The molecule has 2 rings (SSSR count). The van der Waals surface area contributed by atoms with Crippen LogP contribution in [-0.4, -0.2) is 43.8 Å². The van der Waals surface area contributed by atoms with Gasteiger partial charge in [-0.05, 0) is 42.7 Å². The average Bonchev–Trinajstić information content (AvgIpc) is 3.07. The van der Waals surface area contributed by atoms with Crippen molar-refractivity contribution in [3.8, 4) is 0 Å². The van der Waals surface area contributed by atoms with Gasteiger partial charge in [-0.25, -0.2) is 8.42 Å². The number of hydrogen-bond acceptors (Lipinski definition) is 4. The van der Waals surface area contributed by atoms with Crippen LogP contribution in [0.15, 0.2) is 46.7 Å². The Balaban J connectivity index is 2.26. The van der Waals surface area contributed by atoms with Crippen LogP contribution in [0.4, 0.5) is 0 Å². The van der Waals surface area contributed by atoms with Crippen LogP contribution in [0.2, 0.25) is 5.02 Å². The van der Waals surface area contributed by atoms with Crippen LogP contribution in [-0.2, 0) is 16.6 Å². The van der Waals surface area contributed by atoms with E-state index in [0.29, 0.717) is 24.7 Å². The minimum atomic E-state index is -3.58. The maximum absolute atomic E-state index is 13.1. The Bertz CT molecular complexity index is 729. The SMILES string of the molecule is CCN(CC)CCN(Cc1cccs1)S(=O)(=O)c1cccc(Cl)c1. The van der Waals surface area contributed by atoms with Crippen LogP contribution in [0.1, 0.15) is 18.7 Å². The third kappa shape index (κ3) is 5.04. The number of likely N-dealkylation sites (N-methyl/N-ethyl adjacent to an activating group) is 1. The van der Waals surface area contributed by atoms with Crippen molar-refractivity contribution >= 4 is 33.0 Å². The van der Waals surface area contributed by atoms with Gasteiger partial charge in [0, 0.05) is 29.5 Å². The standard InChI is InChI=1S/C17H23ClN2O2S2/c1-3-19(4-2)10-11-20(14-16-8-6-12-23-16)24(21,22)17-9-5-7-15(18)13-17/h5-9,12-13H,3-4,10-11,14H2,1-2H3. The fourth-order valence-electron chi connectivity index (χ4n) is 2.43. The maximum Gasteiger partial charge on any atom is 0.243 e. The van der Waals surface area contributed by atoms with E-state index in [4.69, 9.17) is 11.6 Å². The van der Waals surface area contributed by atoms with Gasteiger partial charge in [-0.15, -0.1) is 11.3 Å². The summed E-state index contributed by atoms with van der Waals surface area (Å²) in [7, 11) is -3.58. The van der Waals surface area contributed by atoms with E-state index in [0.717, 1.165) is 18.0 Å². The predicted octanol–water partition coefficient (Wildman–Crippen LogP) is 3.93. The smallest absolute Gasteiger partial charge is 0.243 e. The van der Waals surface area contributed by atoms with E-state index in [9.17, 15) is 8.42 Å². The monoisotopic (exact) mass is 386 g/mol. The molecule has 7 heteroatoms. The topological polar surface area (TPSA) is 40.6 Å². The van der Waals surface area contributed by atoms with Crippen LogP contribution >= 0.6 is 22.9 Å². The summed E-state index contributed by atoms with van der Waals surface area (Å²) in [6.07, 6.45) is 0. The molecule has 0 radical (unpaired) electrons. The molecule has 24 heavy (non-hydrogen) atoms. The Morgan fingerprint density at radius 3 is 2.42 bits per heavy atom. The van der Waals surface area contributed by atoms with Gasteiger partial charge in [0.2, 0.25) is 10.0 Å². The number of hydrogen-bond donors (Lipinski definition) is 0. The molecule has 4 nitrogen and oxygen atoms in total. The summed E-state index contributed by atoms with van der Waals surface area (Å²) in [4.78, 5) is 3.49. The highest BCUT2D eigenvalue weighted by molar-refractivity contribution is 7.89. The number of benzene rings is 1. The fraction of sp³-hybridized carbons (Fsp3) is 0.412. The number of halogens is 1. The molecule has 0 N–H and O–H groups in total. The summed E-state index contributed by atoms with van der Waals surface area (Å²) >= 11 is 7.55. The van der Waals surface area contributed by atoms with Gasteiger partial charge in [0.15, 0.2) is 0 Å². The quantitative estimate of drug-likeness (QED) is 0.655. The van der Waals surface area contributed by atoms with Crippen molar-refractivity contribution in [2.75, 3.05) is 26.2 Å². The molecule has 0 aliphatic carbocycles. The first-order chi connectivity index (χ1) is 11.5. The molecule has 0 saturated carbocycles. The maximum atomic E-state index is 13.1. The second-order valence-electron chi connectivity index (χ2n) is 5.40. The van der Waals surface area contributed by atoms with Gasteiger partial charge < -0.3 is 4.90 Å². The van der Waals surface area contributed by atoms with Crippen LogP contribution < -0.4 is 0 Å². The first-order valence-corrected chi connectivity index (χ1v) is 10.7. The van der Waals surface area contributed by atoms with Gasteiger partial charge in [0.25, 0.3) is 0 Å². The Kier molecular flexibility index (Phi) is 7.25. The molecule has 1 heterocycles. The Labute approximate surface area is 153 Å². The lowest BCUT2D eigenvalue weighted by Gasteiger charge is -2.25. The zero-order valence-corrected chi connectivity index (χ0v) is 16.4. The highest BCUT2D eigenvalue weighted by Crippen LogP contribution is 2.22. The summed E-state index contributed by atoms with van der Waals surface area (Å²) in [5.74, 6) is 0. The minimum absolute atomic E-state index is 0.242. The van der Waals surface area contributed by atoms with Crippen molar-refractivity contribution in [1.82, 2.24) is 9.21 Å². The third-order valence-electron chi connectivity index (χ3n) is 3.91. The van der Waals surface area contributed by atoms with E-state index in [-0.39, 0.29) is 4.90 Å². The molecule has 1 aromatic heterocycles. The molecule has 132 valence electrons. The Morgan fingerprint density at radius 2 is 1.83 bits per heavy atom. The number of nitrogens with zero attached hydrogens (tertiary/aromatic N) is 2. The summed E-state index contributed by atoms with van der Waals surface area (Å²) < 4.78 is 27.7. The Hall–Kier alpha value is -0.920. The molecular weight excluding hydrogens is 364 g/mol. The molecule has 0 fully saturated rings. The highest BCUT2D eigenvalue weighted by atomic mass is 35.5. The van der Waals surface area contributed by atoms with Crippen LogP contribution in [0.3, 0.4) is 0 Å². The van der Waals surface area contributed by atoms with E-state index in [1.807, 2.05) is 17.5 Å². The average molecular weight is 387 g/mol. The molecule has 0 saturated heterocycles. The second kappa shape index (κ2) is 8.97. The van der Waals surface area contributed by atoms with Gasteiger partial charge in [0.1, 0.15) is 0 Å². The third-order valence-corrected chi connectivity index (χ3v) is 6.84. The molecule has 0 bridgehead atoms. The first kappa shape index (κ1) is 19.4. The summed E-state index contributed by atoms with van der Waals surface area (Å²) in [5, 5.41) is 2.39. The van der Waals surface area contributed by atoms with Gasteiger partial charge in [-0.1, -0.05) is 37.6 Å². The lowest BCUT2D eigenvalue weighted by molar-refractivity contribution is 0.269. The molecule has 0 unspecified atom stereocenters. The summed E-state index contributed by atoms with van der Waals surface area (Å²) in [5.41, 5.74) is 0. The van der Waals surface area contributed by atoms with E-state index in [1.165, 1.54) is 6.07 Å². The molecule has 2 aromatic rings. The van der Waals surface area contributed by atoms with Crippen molar-refractivity contribution in [3.63, 3.8) is 0 Å². The van der Waals surface area contributed by atoms with Crippen molar-refractivity contribution in [1.29, 1.82) is 0 Å². The Morgan fingerprint density at radius 1 is 1.08 bits per heavy atom. The van der Waals surface area contributed by atoms with E-state index < -0.39 is 10.0 Å². The number of sulfonamides is 1. The largest absolute Gasteiger partial charge is 0.303 e. The summed E-state index contributed by atoms with van der Waals surface area (Å²) in [6.45, 7) is 7.51. The predicted molar refractivity (Wildman–Crippen MR) is 101 cm³/mol. The zero-order chi connectivity index (χ0) is 17.6. The van der Waals surface area contributed by atoms with Crippen molar-refractivity contribution in [2.24, 2.45) is 0 Å². The molecule has 0 amide bonds. The molecule has 0 spiro atoms. The van der Waals surface area contributed by atoms with Gasteiger partial charge in [-0.2, -0.15) is 4.31 Å². The van der Waals surface area contributed by atoms with Crippen LogP contribution in [0.5, 0.6) is 0 Å². The molecule has 0 aliphatic heterocycles.